The van der Waals surface area contributed by atoms with E-state index in [2.05, 4.69) is 5.32 Å². The van der Waals surface area contributed by atoms with Crippen molar-refractivity contribution in [3.63, 3.8) is 0 Å². The Balaban J connectivity index is 3.02. The van der Waals surface area contributed by atoms with E-state index in [1.165, 1.54) is 12.1 Å². The molecule has 0 bridgehead atoms. The predicted octanol–water partition coefficient (Wildman–Crippen LogP) is 4.88. The molecule has 0 aliphatic carbocycles. The molecule has 1 aromatic carbocycles. The molecule has 0 fully saturated rings. The molecule has 1 rings (SSSR count). The van der Waals surface area contributed by atoms with Gasteiger partial charge in [0, 0.05) is 13.0 Å². The van der Waals surface area contributed by atoms with E-state index in [0.29, 0.717) is 18.4 Å². The van der Waals surface area contributed by atoms with Crippen LogP contribution in [0, 0.1) is 5.92 Å². The first-order chi connectivity index (χ1) is 17.8. The third-order valence-corrected chi connectivity index (χ3v) is 5.44. The standard InChI is InChI=1S/C27H41NO10/c1-8-17(5)35-26(32)37-22-11-10-20(14-23(22)38-27(33)36-18(6)9-2)13-21(25(30)31)28-15-19(7)34-24(29)12-16(3)4/h10-11,14,16-19,21,28H,8-9,12-13,15H2,1-7H3,(H,30,31)/t17?,18?,19?,21-/m0/s1. The lowest BCUT2D eigenvalue weighted by molar-refractivity contribution is -0.149. The summed E-state index contributed by atoms with van der Waals surface area (Å²) in [5, 5.41) is 12.6. The smallest absolute Gasteiger partial charge is 0.480 e. The van der Waals surface area contributed by atoms with Crippen molar-refractivity contribution in [2.45, 2.75) is 98.5 Å². The lowest BCUT2D eigenvalue weighted by atomic mass is 10.0. The van der Waals surface area contributed by atoms with E-state index >= 15 is 0 Å². The van der Waals surface area contributed by atoms with E-state index in [-0.39, 0.29) is 48.9 Å². The van der Waals surface area contributed by atoms with Crippen molar-refractivity contribution in [2.24, 2.45) is 5.92 Å². The van der Waals surface area contributed by atoms with Crippen molar-refractivity contribution in [3.8, 4) is 11.5 Å². The van der Waals surface area contributed by atoms with Crippen molar-refractivity contribution >= 4 is 24.2 Å². The Hall–Kier alpha value is -3.34. The maximum atomic E-state index is 12.3. The first-order valence-electron chi connectivity index (χ1n) is 12.9. The summed E-state index contributed by atoms with van der Waals surface area (Å²) in [4.78, 5) is 48.1. The van der Waals surface area contributed by atoms with Gasteiger partial charge in [0.1, 0.15) is 24.4 Å². The highest BCUT2D eigenvalue weighted by atomic mass is 16.7. The fourth-order valence-corrected chi connectivity index (χ4v) is 3.00. The number of hydrogen-bond donors (Lipinski definition) is 2. The molecule has 3 unspecified atom stereocenters. The van der Waals surface area contributed by atoms with Gasteiger partial charge in [0.15, 0.2) is 11.5 Å². The Morgan fingerprint density at radius 3 is 1.87 bits per heavy atom. The van der Waals surface area contributed by atoms with Crippen molar-refractivity contribution in [1.29, 1.82) is 0 Å². The van der Waals surface area contributed by atoms with Gasteiger partial charge in [-0.25, -0.2) is 9.59 Å². The molecule has 11 heteroatoms. The summed E-state index contributed by atoms with van der Waals surface area (Å²) in [5.41, 5.74) is 0.475. The number of nitrogens with one attached hydrogen (secondary N) is 1. The minimum Gasteiger partial charge on any atom is -0.480 e. The second-order valence-corrected chi connectivity index (χ2v) is 9.56. The molecular formula is C27H41NO10. The number of carbonyl (C=O) groups is 4. The van der Waals surface area contributed by atoms with E-state index in [1.54, 1.807) is 26.8 Å². The SMILES string of the molecule is CCC(C)OC(=O)Oc1ccc(C[C@H](NCC(C)OC(=O)CC(C)C)C(=O)O)cc1OC(=O)OC(C)CC. The maximum absolute atomic E-state index is 12.3. The van der Waals surface area contributed by atoms with Gasteiger partial charge in [-0.05, 0) is 63.6 Å². The average molecular weight is 540 g/mol. The quantitative estimate of drug-likeness (QED) is 0.179. The molecule has 4 atom stereocenters. The van der Waals surface area contributed by atoms with Crippen LogP contribution in [-0.4, -0.2) is 60.3 Å². The van der Waals surface area contributed by atoms with E-state index < -0.39 is 36.5 Å². The monoisotopic (exact) mass is 539 g/mol. The number of hydrogen-bond acceptors (Lipinski definition) is 10. The van der Waals surface area contributed by atoms with Crippen LogP contribution in [0.4, 0.5) is 9.59 Å². The minimum atomic E-state index is -1.12. The van der Waals surface area contributed by atoms with Crippen LogP contribution in [0.15, 0.2) is 18.2 Å². The lowest BCUT2D eigenvalue weighted by Gasteiger charge is -2.20. The molecule has 0 amide bonds. The van der Waals surface area contributed by atoms with Gasteiger partial charge in [-0.3, -0.25) is 9.59 Å². The Labute approximate surface area is 224 Å². The number of carboxylic acids is 1. The van der Waals surface area contributed by atoms with Gasteiger partial charge < -0.3 is 34.1 Å². The molecular weight excluding hydrogens is 498 g/mol. The van der Waals surface area contributed by atoms with Crippen LogP contribution in [0.1, 0.15) is 73.3 Å². The number of carbonyl (C=O) groups excluding carboxylic acids is 3. The van der Waals surface area contributed by atoms with Gasteiger partial charge in [0.25, 0.3) is 0 Å². The molecule has 0 radical (unpaired) electrons. The third kappa shape index (κ3) is 12.8. The lowest BCUT2D eigenvalue weighted by Crippen LogP contribution is -2.42. The molecule has 38 heavy (non-hydrogen) atoms. The number of carboxylic acid groups (broad SMARTS) is 1. The zero-order valence-electron chi connectivity index (χ0n) is 23.3. The fourth-order valence-electron chi connectivity index (χ4n) is 3.00. The number of esters is 1. The van der Waals surface area contributed by atoms with Gasteiger partial charge >= 0.3 is 24.2 Å². The molecule has 0 aliphatic heterocycles. The second kappa shape index (κ2) is 16.5. The molecule has 0 spiro atoms. The van der Waals surface area contributed by atoms with Crippen LogP contribution in [-0.2, 0) is 30.2 Å². The first-order valence-corrected chi connectivity index (χ1v) is 12.9. The second-order valence-electron chi connectivity index (χ2n) is 9.56. The van der Waals surface area contributed by atoms with E-state index in [1.807, 2.05) is 27.7 Å². The molecule has 0 saturated heterocycles. The number of benzene rings is 1. The Morgan fingerprint density at radius 1 is 0.816 bits per heavy atom. The van der Waals surface area contributed by atoms with Crippen LogP contribution in [0.5, 0.6) is 11.5 Å². The van der Waals surface area contributed by atoms with Crippen LogP contribution in [0.2, 0.25) is 0 Å². The number of rotatable bonds is 15. The van der Waals surface area contributed by atoms with Gasteiger partial charge in [-0.15, -0.1) is 0 Å². The maximum Gasteiger partial charge on any atom is 0.514 e. The van der Waals surface area contributed by atoms with Crippen molar-refractivity contribution in [1.82, 2.24) is 5.32 Å². The highest BCUT2D eigenvalue weighted by Gasteiger charge is 2.23. The summed E-state index contributed by atoms with van der Waals surface area (Å²) in [5.74, 6) is -1.54. The Morgan fingerprint density at radius 2 is 1.37 bits per heavy atom. The van der Waals surface area contributed by atoms with Gasteiger partial charge in [0.2, 0.25) is 0 Å². The third-order valence-electron chi connectivity index (χ3n) is 5.44. The zero-order valence-corrected chi connectivity index (χ0v) is 23.3. The Bertz CT molecular complexity index is 932. The summed E-state index contributed by atoms with van der Waals surface area (Å²) < 4.78 is 26.1. The van der Waals surface area contributed by atoms with Crippen LogP contribution >= 0.6 is 0 Å². The molecule has 0 heterocycles. The zero-order chi connectivity index (χ0) is 28.8. The van der Waals surface area contributed by atoms with E-state index in [9.17, 15) is 24.3 Å². The summed E-state index contributed by atoms with van der Waals surface area (Å²) in [7, 11) is 0. The molecule has 0 saturated carbocycles. The average Bonchev–Trinajstić information content (AvgIpc) is 2.81. The number of aliphatic carboxylic acids is 1. The summed E-state index contributed by atoms with van der Waals surface area (Å²) in [6, 6.07) is 3.28. The molecule has 2 N–H and O–H groups in total. The van der Waals surface area contributed by atoms with Crippen LogP contribution in [0.3, 0.4) is 0 Å². The summed E-state index contributed by atoms with van der Waals surface area (Å²) in [6.45, 7) is 12.7. The largest absolute Gasteiger partial charge is 0.514 e. The molecule has 1 aromatic rings. The van der Waals surface area contributed by atoms with Crippen LogP contribution < -0.4 is 14.8 Å². The fraction of sp³-hybridized carbons (Fsp3) is 0.630. The van der Waals surface area contributed by atoms with Crippen molar-refractivity contribution < 1.29 is 48.0 Å². The van der Waals surface area contributed by atoms with Gasteiger partial charge in [0.05, 0.1) is 0 Å². The van der Waals surface area contributed by atoms with E-state index in [4.69, 9.17) is 23.7 Å². The normalized spacial score (nSPS) is 14.1. The van der Waals surface area contributed by atoms with Crippen LogP contribution in [0.25, 0.3) is 0 Å². The Kier molecular flexibility index (Phi) is 14.2. The molecule has 214 valence electrons. The van der Waals surface area contributed by atoms with E-state index in [0.717, 1.165) is 0 Å². The highest BCUT2D eigenvalue weighted by Crippen LogP contribution is 2.30. The van der Waals surface area contributed by atoms with Crippen molar-refractivity contribution in [2.75, 3.05) is 6.54 Å². The number of ether oxygens (including phenoxy) is 5. The van der Waals surface area contributed by atoms with Gasteiger partial charge in [-0.2, -0.15) is 0 Å². The van der Waals surface area contributed by atoms with Crippen molar-refractivity contribution in [3.05, 3.63) is 23.8 Å². The topological polar surface area (TPSA) is 147 Å². The minimum absolute atomic E-state index is 0.00361. The summed E-state index contributed by atoms with van der Waals surface area (Å²) in [6.07, 6.45) is -1.87. The first kappa shape index (κ1) is 32.7. The molecule has 0 aliphatic rings. The highest BCUT2D eigenvalue weighted by molar-refractivity contribution is 5.74. The molecule has 0 aromatic heterocycles. The van der Waals surface area contributed by atoms with Gasteiger partial charge in [-0.1, -0.05) is 33.8 Å². The summed E-state index contributed by atoms with van der Waals surface area (Å²) >= 11 is 0. The predicted molar refractivity (Wildman–Crippen MR) is 138 cm³/mol. The molecule has 11 nitrogen and oxygen atoms in total.